The van der Waals surface area contributed by atoms with Crippen LogP contribution in [-0.2, 0) is 4.74 Å². The molecule has 0 aromatic heterocycles. The quantitative estimate of drug-likeness (QED) is 0.560. The number of rotatable bonds is 7. The fourth-order valence-corrected chi connectivity index (χ4v) is 2.06. The SMILES string of the molecule is O=C(NCCCOCCO)c1cc(Cl)ccc1I. The maximum absolute atomic E-state index is 11.9. The van der Waals surface area contributed by atoms with Gasteiger partial charge in [0, 0.05) is 21.7 Å². The van der Waals surface area contributed by atoms with E-state index in [-0.39, 0.29) is 12.5 Å². The standard InChI is InChI=1S/C12H15ClINO3/c13-9-2-3-11(14)10(8-9)12(17)15-4-1-6-18-7-5-16/h2-3,8,16H,1,4-7H2,(H,15,17). The van der Waals surface area contributed by atoms with Crippen molar-refractivity contribution < 1.29 is 14.6 Å². The van der Waals surface area contributed by atoms with E-state index in [4.69, 9.17) is 21.4 Å². The van der Waals surface area contributed by atoms with Crippen molar-refractivity contribution in [2.24, 2.45) is 0 Å². The Morgan fingerprint density at radius 2 is 2.22 bits per heavy atom. The molecule has 0 saturated carbocycles. The van der Waals surface area contributed by atoms with Crippen LogP contribution in [-0.4, -0.2) is 37.4 Å². The zero-order chi connectivity index (χ0) is 13.4. The van der Waals surface area contributed by atoms with Gasteiger partial charge in [-0.15, -0.1) is 0 Å². The minimum Gasteiger partial charge on any atom is -0.394 e. The fourth-order valence-electron chi connectivity index (χ4n) is 1.31. The Kier molecular flexibility index (Phi) is 7.57. The smallest absolute Gasteiger partial charge is 0.252 e. The molecule has 0 aliphatic carbocycles. The van der Waals surface area contributed by atoms with Crippen molar-refractivity contribution in [3.63, 3.8) is 0 Å². The largest absolute Gasteiger partial charge is 0.394 e. The van der Waals surface area contributed by atoms with Gasteiger partial charge in [0.25, 0.3) is 5.91 Å². The lowest BCUT2D eigenvalue weighted by molar-refractivity contribution is 0.0867. The first-order valence-electron chi connectivity index (χ1n) is 5.57. The van der Waals surface area contributed by atoms with Gasteiger partial charge in [-0.2, -0.15) is 0 Å². The lowest BCUT2D eigenvalue weighted by Crippen LogP contribution is -2.26. The molecule has 0 bridgehead atoms. The molecular weight excluding hydrogens is 368 g/mol. The monoisotopic (exact) mass is 383 g/mol. The number of aliphatic hydroxyl groups is 1. The molecule has 0 fully saturated rings. The average Bonchev–Trinajstić information content (AvgIpc) is 2.36. The van der Waals surface area contributed by atoms with E-state index >= 15 is 0 Å². The summed E-state index contributed by atoms with van der Waals surface area (Å²) in [7, 11) is 0. The second kappa shape index (κ2) is 8.68. The van der Waals surface area contributed by atoms with Crippen molar-refractivity contribution in [1.82, 2.24) is 5.32 Å². The Bertz CT molecular complexity index is 401. The minimum atomic E-state index is -0.135. The second-order valence-electron chi connectivity index (χ2n) is 3.57. The molecule has 0 aliphatic rings. The van der Waals surface area contributed by atoms with Crippen LogP contribution in [0.2, 0.25) is 5.02 Å². The molecule has 0 heterocycles. The number of aliphatic hydroxyl groups excluding tert-OH is 1. The van der Waals surface area contributed by atoms with Gasteiger partial charge in [0.2, 0.25) is 0 Å². The summed E-state index contributed by atoms with van der Waals surface area (Å²) in [6.45, 7) is 1.41. The molecule has 6 heteroatoms. The zero-order valence-corrected chi connectivity index (χ0v) is 12.7. The third kappa shape index (κ3) is 5.51. The molecule has 18 heavy (non-hydrogen) atoms. The Morgan fingerprint density at radius 1 is 1.44 bits per heavy atom. The highest BCUT2D eigenvalue weighted by atomic mass is 127. The van der Waals surface area contributed by atoms with Crippen LogP contribution < -0.4 is 5.32 Å². The van der Waals surface area contributed by atoms with Gasteiger partial charge >= 0.3 is 0 Å². The third-order valence-corrected chi connectivity index (χ3v) is 3.34. The Labute approximate surface area is 125 Å². The molecule has 1 aromatic rings. The number of ether oxygens (including phenoxy) is 1. The van der Waals surface area contributed by atoms with E-state index in [0.29, 0.717) is 36.8 Å². The number of halogens is 2. The molecule has 1 aromatic carbocycles. The van der Waals surface area contributed by atoms with Gasteiger partial charge in [0.15, 0.2) is 0 Å². The van der Waals surface area contributed by atoms with E-state index in [9.17, 15) is 4.79 Å². The first-order chi connectivity index (χ1) is 8.65. The van der Waals surface area contributed by atoms with Crippen molar-refractivity contribution in [2.45, 2.75) is 6.42 Å². The van der Waals surface area contributed by atoms with Crippen molar-refractivity contribution >= 4 is 40.1 Å². The molecular formula is C12H15ClINO3. The van der Waals surface area contributed by atoms with Gasteiger partial charge in [0.05, 0.1) is 18.8 Å². The zero-order valence-electron chi connectivity index (χ0n) is 9.79. The van der Waals surface area contributed by atoms with Crippen LogP contribution in [0.5, 0.6) is 0 Å². The van der Waals surface area contributed by atoms with Gasteiger partial charge in [-0.3, -0.25) is 4.79 Å². The van der Waals surface area contributed by atoms with Crippen molar-refractivity contribution in [1.29, 1.82) is 0 Å². The lowest BCUT2D eigenvalue weighted by Gasteiger charge is -2.07. The van der Waals surface area contributed by atoms with E-state index in [1.54, 1.807) is 12.1 Å². The summed E-state index contributed by atoms with van der Waals surface area (Å²) in [5.74, 6) is -0.135. The van der Waals surface area contributed by atoms with Gasteiger partial charge in [-0.25, -0.2) is 0 Å². The van der Waals surface area contributed by atoms with Crippen molar-refractivity contribution in [2.75, 3.05) is 26.4 Å². The molecule has 0 aliphatic heterocycles. The van der Waals surface area contributed by atoms with Gasteiger partial charge < -0.3 is 15.2 Å². The molecule has 100 valence electrons. The highest BCUT2D eigenvalue weighted by Gasteiger charge is 2.09. The van der Waals surface area contributed by atoms with Crippen LogP contribution in [0.25, 0.3) is 0 Å². The topological polar surface area (TPSA) is 58.6 Å². The van der Waals surface area contributed by atoms with Crippen LogP contribution in [0.15, 0.2) is 18.2 Å². The van der Waals surface area contributed by atoms with E-state index in [1.807, 2.05) is 6.07 Å². The number of benzene rings is 1. The maximum Gasteiger partial charge on any atom is 0.252 e. The molecule has 4 nitrogen and oxygen atoms in total. The minimum absolute atomic E-state index is 0.0209. The van der Waals surface area contributed by atoms with E-state index in [2.05, 4.69) is 27.9 Å². The first-order valence-corrected chi connectivity index (χ1v) is 7.02. The predicted molar refractivity (Wildman–Crippen MR) is 79.0 cm³/mol. The molecule has 0 atom stereocenters. The van der Waals surface area contributed by atoms with E-state index in [0.717, 1.165) is 3.57 Å². The normalized spacial score (nSPS) is 10.4. The van der Waals surface area contributed by atoms with Gasteiger partial charge in [-0.1, -0.05) is 11.6 Å². The maximum atomic E-state index is 11.9. The molecule has 0 radical (unpaired) electrons. The van der Waals surface area contributed by atoms with Crippen LogP contribution in [0.3, 0.4) is 0 Å². The summed E-state index contributed by atoms with van der Waals surface area (Å²) in [4.78, 5) is 11.9. The van der Waals surface area contributed by atoms with Crippen molar-refractivity contribution in [3.8, 4) is 0 Å². The number of hydrogen-bond donors (Lipinski definition) is 2. The number of carbonyl (C=O) groups is 1. The molecule has 0 saturated heterocycles. The molecule has 2 N–H and O–H groups in total. The van der Waals surface area contributed by atoms with Gasteiger partial charge in [-0.05, 0) is 47.2 Å². The Balaban J connectivity index is 2.34. The van der Waals surface area contributed by atoms with Crippen LogP contribution in [0, 0.1) is 3.57 Å². The number of nitrogens with one attached hydrogen (secondary N) is 1. The highest BCUT2D eigenvalue weighted by molar-refractivity contribution is 14.1. The Hall–Kier alpha value is -0.370. The summed E-state index contributed by atoms with van der Waals surface area (Å²) in [5, 5.41) is 11.9. The lowest BCUT2D eigenvalue weighted by atomic mass is 10.2. The first kappa shape index (κ1) is 15.7. The van der Waals surface area contributed by atoms with Crippen molar-refractivity contribution in [3.05, 3.63) is 32.4 Å². The highest BCUT2D eigenvalue weighted by Crippen LogP contribution is 2.17. The number of hydrogen-bond acceptors (Lipinski definition) is 3. The van der Waals surface area contributed by atoms with Gasteiger partial charge in [0.1, 0.15) is 0 Å². The number of carbonyl (C=O) groups excluding carboxylic acids is 1. The second-order valence-corrected chi connectivity index (χ2v) is 5.17. The van der Waals surface area contributed by atoms with E-state index < -0.39 is 0 Å². The summed E-state index contributed by atoms with van der Waals surface area (Å²) < 4.78 is 5.96. The summed E-state index contributed by atoms with van der Waals surface area (Å²) in [5.41, 5.74) is 0.583. The number of amides is 1. The summed E-state index contributed by atoms with van der Waals surface area (Å²) in [6.07, 6.45) is 0.711. The fraction of sp³-hybridized carbons (Fsp3) is 0.417. The predicted octanol–water partition coefficient (Wildman–Crippen LogP) is 2.07. The average molecular weight is 384 g/mol. The molecule has 0 spiro atoms. The third-order valence-electron chi connectivity index (χ3n) is 2.16. The molecule has 1 amide bonds. The molecule has 0 unspecified atom stereocenters. The van der Waals surface area contributed by atoms with Crippen LogP contribution in [0.1, 0.15) is 16.8 Å². The Morgan fingerprint density at radius 3 is 2.94 bits per heavy atom. The van der Waals surface area contributed by atoms with E-state index in [1.165, 1.54) is 0 Å². The molecule has 1 rings (SSSR count). The van der Waals surface area contributed by atoms with Crippen LogP contribution >= 0.6 is 34.2 Å². The summed E-state index contributed by atoms with van der Waals surface area (Å²) in [6, 6.07) is 5.21. The van der Waals surface area contributed by atoms with Crippen LogP contribution in [0.4, 0.5) is 0 Å². The summed E-state index contributed by atoms with van der Waals surface area (Å²) >= 11 is 7.95.